The van der Waals surface area contributed by atoms with E-state index in [0.717, 1.165) is 12.1 Å². The first-order chi connectivity index (χ1) is 8.22. The number of carbonyl (C=O) groups is 1. The van der Waals surface area contributed by atoms with Crippen LogP contribution in [0.25, 0.3) is 0 Å². The fraction of sp³-hybridized carbons (Fsp3) is 0.222. The third-order valence-electron chi connectivity index (χ3n) is 2.21. The number of carboxylic acids is 1. The van der Waals surface area contributed by atoms with Crippen molar-refractivity contribution in [2.75, 3.05) is 5.75 Å². The second kappa shape index (κ2) is 4.61. The highest BCUT2D eigenvalue weighted by Crippen LogP contribution is 2.36. The summed E-state index contributed by atoms with van der Waals surface area (Å²) in [6.07, 6.45) is 0. The van der Waals surface area contributed by atoms with Crippen LogP contribution in [-0.2, 0) is 9.84 Å². The van der Waals surface area contributed by atoms with Crippen LogP contribution in [0.5, 0.6) is 5.75 Å². The quantitative estimate of drug-likeness (QED) is 0.612. The lowest BCUT2D eigenvalue weighted by atomic mass is 10.1. The normalized spacial score (nSPS) is 11.2. The van der Waals surface area contributed by atoms with Crippen molar-refractivity contribution in [1.82, 2.24) is 0 Å². The number of nitro benzene ring substituents is 1. The first-order valence-electron chi connectivity index (χ1n) is 4.68. The van der Waals surface area contributed by atoms with Crippen LogP contribution in [0.3, 0.4) is 0 Å². The number of nitrogens with zero attached hydrogens (tertiary/aromatic N) is 1. The Kier molecular flexibility index (Phi) is 3.56. The standard InChI is InChI=1S/C9H9NO7S/c1-2-18(16,17)8-6(11)4-3-5(9(12)13)7(8)10(14)15/h3-4,11H,2H2,1H3,(H,12,13). The summed E-state index contributed by atoms with van der Waals surface area (Å²) in [6.45, 7) is 1.23. The molecule has 0 aliphatic rings. The molecule has 0 aliphatic heterocycles. The molecule has 0 saturated carbocycles. The van der Waals surface area contributed by atoms with Crippen LogP contribution >= 0.6 is 0 Å². The second-order valence-corrected chi connectivity index (χ2v) is 5.49. The molecule has 0 spiro atoms. The first-order valence-corrected chi connectivity index (χ1v) is 6.34. The largest absolute Gasteiger partial charge is 0.506 e. The molecule has 1 aromatic rings. The molecule has 0 saturated heterocycles. The summed E-state index contributed by atoms with van der Waals surface area (Å²) in [5.41, 5.74) is -1.91. The SMILES string of the molecule is CCS(=O)(=O)c1c(O)ccc(C(=O)O)c1[N+](=O)[O-]. The zero-order chi connectivity index (χ0) is 14.1. The van der Waals surface area contributed by atoms with Gasteiger partial charge in [-0.1, -0.05) is 6.92 Å². The van der Waals surface area contributed by atoms with E-state index in [1.807, 2.05) is 0 Å². The first kappa shape index (κ1) is 13.9. The maximum absolute atomic E-state index is 11.7. The van der Waals surface area contributed by atoms with Crippen molar-refractivity contribution >= 4 is 21.5 Å². The Morgan fingerprint density at radius 1 is 1.44 bits per heavy atom. The van der Waals surface area contributed by atoms with Gasteiger partial charge in [-0.05, 0) is 12.1 Å². The number of hydrogen-bond donors (Lipinski definition) is 2. The van der Waals surface area contributed by atoms with Crippen LogP contribution in [0.1, 0.15) is 17.3 Å². The molecule has 0 aromatic heterocycles. The molecule has 0 aliphatic carbocycles. The lowest BCUT2D eigenvalue weighted by molar-refractivity contribution is -0.388. The molecule has 0 unspecified atom stereocenters. The highest BCUT2D eigenvalue weighted by atomic mass is 32.2. The molecule has 0 radical (unpaired) electrons. The van der Waals surface area contributed by atoms with E-state index in [9.17, 15) is 28.4 Å². The van der Waals surface area contributed by atoms with Gasteiger partial charge in [0.25, 0.3) is 0 Å². The predicted molar refractivity (Wildman–Crippen MR) is 59.4 cm³/mol. The number of benzene rings is 1. The summed E-state index contributed by atoms with van der Waals surface area (Å²) in [5.74, 6) is -2.98. The molecule has 0 fully saturated rings. The van der Waals surface area contributed by atoms with E-state index in [1.54, 1.807) is 0 Å². The molecular weight excluding hydrogens is 266 g/mol. The Morgan fingerprint density at radius 2 is 2.00 bits per heavy atom. The molecule has 2 N–H and O–H groups in total. The molecule has 98 valence electrons. The summed E-state index contributed by atoms with van der Waals surface area (Å²) in [6, 6.07) is 1.59. The Bertz CT molecular complexity index is 620. The molecule has 18 heavy (non-hydrogen) atoms. The number of carboxylic acid groups (broad SMARTS) is 1. The highest BCUT2D eigenvalue weighted by molar-refractivity contribution is 7.91. The third kappa shape index (κ3) is 2.25. The van der Waals surface area contributed by atoms with Crippen molar-refractivity contribution in [3.8, 4) is 5.75 Å². The van der Waals surface area contributed by atoms with Gasteiger partial charge in [-0.3, -0.25) is 10.1 Å². The molecule has 1 rings (SSSR count). The minimum atomic E-state index is -4.12. The number of phenols is 1. The number of phenolic OH excluding ortho intramolecular Hbond substituents is 1. The van der Waals surface area contributed by atoms with Crippen molar-refractivity contribution in [2.45, 2.75) is 11.8 Å². The van der Waals surface area contributed by atoms with Crippen LogP contribution in [0.15, 0.2) is 17.0 Å². The van der Waals surface area contributed by atoms with Crippen molar-refractivity contribution in [2.24, 2.45) is 0 Å². The average molecular weight is 275 g/mol. The van der Waals surface area contributed by atoms with E-state index in [0.29, 0.717) is 0 Å². The topological polar surface area (TPSA) is 135 Å². The Balaban J connectivity index is 3.85. The van der Waals surface area contributed by atoms with Crippen molar-refractivity contribution in [3.63, 3.8) is 0 Å². The monoisotopic (exact) mass is 275 g/mol. The van der Waals surface area contributed by atoms with Gasteiger partial charge < -0.3 is 10.2 Å². The lowest BCUT2D eigenvalue weighted by Crippen LogP contribution is -2.11. The van der Waals surface area contributed by atoms with E-state index in [2.05, 4.69) is 0 Å². The van der Waals surface area contributed by atoms with E-state index >= 15 is 0 Å². The van der Waals surface area contributed by atoms with Gasteiger partial charge >= 0.3 is 11.7 Å². The van der Waals surface area contributed by atoms with Crippen molar-refractivity contribution < 1.29 is 28.3 Å². The fourth-order valence-electron chi connectivity index (χ4n) is 1.37. The summed E-state index contributed by atoms with van der Waals surface area (Å²) >= 11 is 0. The van der Waals surface area contributed by atoms with Crippen LogP contribution in [0.4, 0.5) is 5.69 Å². The molecule has 0 bridgehead atoms. The molecule has 0 amide bonds. The predicted octanol–water partition coefficient (Wildman–Crippen LogP) is 0.792. The maximum Gasteiger partial charge on any atom is 0.342 e. The van der Waals surface area contributed by atoms with Gasteiger partial charge in [-0.2, -0.15) is 0 Å². The van der Waals surface area contributed by atoms with Gasteiger partial charge in [0.05, 0.1) is 10.7 Å². The van der Waals surface area contributed by atoms with Gasteiger partial charge in [0, 0.05) is 0 Å². The van der Waals surface area contributed by atoms with Gasteiger partial charge in [0.2, 0.25) is 0 Å². The number of rotatable bonds is 4. The number of nitro groups is 1. The van der Waals surface area contributed by atoms with E-state index in [4.69, 9.17) is 5.11 Å². The molecule has 0 atom stereocenters. The Morgan fingerprint density at radius 3 is 2.39 bits per heavy atom. The number of aromatic hydroxyl groups is 1. The Hall–Kier alpha value is -2.16. The minimum Gasteiger partial charge on any atom is -0.506 e. The highest BCUT2D eigenvalue weighted by Gasteiger charge is 2.34. The van der Waals surface area contributed by atoms with E-state index < -0.39 is 48.4 Å². The summed E-state index contributed by atoms with van der Waals surface area (Å²) in [5, 5.41) is 29.1. The summed E-state index contributed by atoms with van der Waals surface area (Å²) in [7, 11) is -4.12. The molecule has 8 nitrogen and oxygen atoms in total. The van der Waals surface area contributed by atoms with E-state index in [1.165, 1.54) is 6.92 Å². The van der Waals surface area contributed by atoms with Gasteiger partial charge in [-0.25, -0.2) is 13.2 Å². The van der Waals surface area contributed by atoms with E-state index in [-0.39, 0.29) is 0 Å². The van der Waals surface area contributed by atoms with Gasteiger partial charge in [0.15, 0.2) is 14.7 Å². The number of sulfone groups is 1. The van der Waals surface area contributed by atoms with Crippen LogP contribution in [-0.4, -0.2) is 35.3 Å². The zero-order valence-corrected chi connectivity index (χ0v) is 9.97. The third-order valence-corrected chi connectivity index (χ3v) is 4.00. The molecule has 9 heteroatoms. The molecular formula is C9H9NO7S. The van der Waals surface area contributed by atoms with Crippen molar-refractivity contribution in [1.29, 1.82) is 0 Å². The fourth-order valence-corrected chi connectivity index (χ4v) is 2.52. The lowest BCUT2D eigenvalue weighted by Gasteiger charge is -2.07. The maximum atomic E-state index is 11.7. The van der Waals surface area contributed by atoms with Gasteiger partial charge in [0.1, 0.15) is 11.3 Å². The summed E-state index contributed by atoms with van der Waals surface area (Å²) in [4.78, 5) is 19.6. The zero-order valence-electron chi connectivity index (χ0n) is 9.15. The number of aromatic carboxylic acids is 1. The number of hydrogen-bond acceptors (Lipinski definition) is 6. The van der Waals surface area contributed by atoms with Crippen LogP contribution in [0, 0.1) is 10.1 Å². The second-order valence-electron chi connectivity index (χ2n) is 3.28. The Labute approximate surface area is 102 Å². The van der Waals surface area contributed by atoms with Gasteiger partial charge in [-0.15, -0.1) is 0 Å². The smallest absolute Gasteiger partial charge is 0.342 e. The minimum absolute atomic E-state index is 0.496. The summed E-state index contributed by atoms with van der Waals surface area (Å²) < 4.78 is 23.3. The van der Waals surface area contributed by atoms with Crippen molar-refractivity contribution in [3.05, 3.63) is 27.8 Å². The van der Waals surface area contributed by atoms with Crippen LogP contribution in [0.2, 0.25) is 0 Å². The molecule has 1 aromatic carbocycles. The molecule has 0 heterocycles. The average Bonchev–Trinajstić information content (AvgIpc) is 2.27. The van der Waals surface area contributed by atoms with Crippen LogP contribution < -0.4 is 0 Å².